The molecule has 0 bridgehead atoms. The topological polar surface area (TPSA) is 26.0 Å². The largest absolute Gasteiger partial charge is 0.330 e. The second-order valence-electron chi connectivity index (χ2n) is 4.78. The number of rotatable bonds is 6. The Balaban J connectivity index is 2.57. The Labute approximate surface area is 97.9 Å². The lowest BCUT2D eigenvalue weighted by Crippen LogP contribution is -2.14. The van der Waals surface area contributed by atoms with E-state index in [1.54, 1.807) is 6.07 Å². The van der Waals surface area contributed by atoms with E-state index in [-0.39, 0.29) is 11.7 Å². The highest BCUT2D eigenvalue weighted by Crippen LogP contribution is 2.24. The van der Waals surface area contributed by atoms with Gasteiger partial charge in [0.15, 0.2) is 0 Å². The quantitative estimate of drug-likeness (QED) is 0.782. The summed E-state index contributed by atoms with van der Waals surface area (Å²) in [6.45, 7) is 4.94. The SMILES string of the molecule is CC(C)CCCC(CN)c1ccccc1F. The standard InChI is InChI=1S/C14H22FN/c1-11(2)6-5-7-12(10-16)13-8-3-4-9-14(13)15/h3-4,8-9,11-12H,5-7,10,16H2,1-2H3. The van der Waals surface area contributed by atoms with Gasteiger partial charge >= 0.3 is 0 Å². The molecule has 1 unspecified atom stereocenters. The van der Waals surface area contributed by atoms with E-state index in [1.807, 2.05) is 12.1 Å². The molecule has 0 amide bonds. The van der Waals surface area contributed by atoms with Crippen LogP contribution in [0.25, 0.3) is 0 Å². The first kappa shape index (κ1) is 13.2. The molecular formula is C14H22FN. The van der Waals surface area contributed by atoms with Gasteiger partial charge in [-0.15, -0.1) is 0 Å². The summed E-state index contributed by atoms with van der Waals surface area (Å²) in [5.74, 6) is 0.751. The lowest BCUT2D eigenvalue weighted by molar-refractivity contribution is 0.489. The summed E-state index contributed by atoms with van der Waals surface area (Å²) in [6.07, 6.45) is 3.29. The molecule has 0 aliphatic heterocycles. The van der Waals surface area contributed by atoms with Crippen LogP contribution >= 0.6 is 0 Å². The Morgan fingerprint density at radius 2 is 1.88 bits per heavy atom. The Morgan fingerprint density at radius 3 is 2.44 bits per heavy atom. The summed E-state index contributed by atoms with van der Waals surface area (Å²) in [5.41, 5.74) is 6.50. The van der Waals surface area contributed by atoms with E-state index in [9.17, 15) is 4.39 Å². The summed E-state index contributed by atoms with van der Waals surface area (Å²) in [6, 6.07) is 6.96. The van der Waals surface area contributed by atoms with Gasteiger partial charge in [0.2, 0.25) is 0 Å². The van der Waals surface area contributed by atoms with Gasteiger partial charge in [-0.05, 0) is 36.4 Å². The van der Waals surface area contributed by atoms with Gasteiger partial charge in [0.05, 0.1) is 0 Å². The third-order valence-electron chi connectivity index (χ3n) is 2.96. The van der Waals surface area contributed by atoms with Crippen LogP contribution in [-0.2, 0) is 0 Å². The molecular weight excluding hydrogens is 201 g/mol. The lowest BCUT2D eigenvalue weighted by atomic mass is 9.92. The van der Waals surface area contributed by atoms with Crippen LogP contribution < -0.4 is 5.73 Å². The molecule has 0 spiro atoms. The van der Waals surface area contributed by atoms with Crippen LogP contribution in [0.3, 0.4) is 0 Å². The Bertz CT molecular complexity index is 309. The normalized spacial score (nSPS) is 13.1. The molecule has 1 rings (SSSR count). The van der Waals surface area contributed by atoms with Crippen molar-refractivity contribution >= 4 is 0 Å². The fourth-order valence-electron chi connectivity index (χ4n) is 1.98. The highest BCUT2D eigenvalue weighted by molar-refractivity contribution is 5.21. The second-order valence-corrected chi connectivity index (χ2v) is 4.78. The van der Waals surface area contributed by atoms with Gasteiger partial charge in [0.25, 0.3) is 0 Å². The maximum absolute atomic E-state index is 13.6. The minimum atomic E-state index is -0.123. The monoisotopic (exact) mass is 223 g/mol. The van der Waals surface area contributed by atoms with E-state index in [1.165, 1.54) is 12.5 Å². The summed E-state index contributed by atoms with van der Waals surface area (Å²) in [7, 11) is 0. The predicted molar refractivity (Wildman–Crippen MR) is 66.9 cm³/mol. The molecule has 1 atom stereocenters. The van der Waals surface area contributed by atoms with Crippen LogP contribution in [0.15, 0.2) is 24.3 Å². The zero-order chi connectivity index (χ0) is 12.0. The molecule has 0 saturated carbocycles. The van der Waals surface area contributed by atoms with Crippen molar-refractivity contribution in [2.24, 2.45) is 11.7 Å². The van der Waals surface area contributed by atoms with E-state index in [0.29, 0.717) is 12.5 Å². The van der Waals surface area contributed by atoms with Gasteiger partial charge in [0, 0.05) is 0 Å². The summed E-state index contributed by atoms with van der Waals surface area (Å²) >= 11 is 0. The molecule has 2 heteroatoms. The average molecular weight is 223 g/mol. The van der Waals surface area contributed by atoms with Crippen LogP contribution in [0.1, 0.15) is 44.6 Å². The molecule has 1 nitrogen and oxygen atoms in total. The van der Waals surface area contributed by atoms with Gasteiger partial charge in [-0.3, -0.25) is 0 Å². The van der Waals surface area contributed by atoms with E-state index in [4.69, 9.17) is 5.73 Å². The molecule has 0 fully saturated rings. The molecule has 1 aromatic carbocycles. The number of nitrogens with two attached hydrogens (primary N) is 1. The van der Waals surface area contributed by atoms with Crippen molar-refractivity contribution < 1.29 is 4.39 Å². The molecule has 0 saturated heterocycles. The van der Waals surface area contributed by atoms with Gasteiger partial charge in [0.1, 0.15) is 5.82 Å². The molecule has 16 heavy (non-hydrogen) atoms. The Hall–Kier alpha value is -0.890. The van der Waals surface area contributed by atoms with E-state index < -0.39 is 0 Å². The summed E-state index contributed by atoms with van der Waals surface area (Å²) < 4.78 is 13.6. The van der Waals surface area contributed by atoms with Crippen LogP contribution in [0.2, 0.25) is 0 Å². The minimum absolute atomic E-state index is 0.123. The van der Waals surface area contributed by atoms with Gasteiger partial charge in [-0.25, -0.2) is 4.39 Å². The molecule has 90 valence electrons. The first-order valence-corrected chi connectivity index (χ1v) is 6.09. The zero-order valence-corrected chi connectivity index (χ0v) is 10.2. The summed E-state index contributed by atoms with van der Waals surface area (Å²) in [4.78, 5) is 0. The van der Waals surface area contributed by atoms with Gasteiger partial charge in [-0.1, -0.05) is 44.9 Å². The Kier molecular flexibility index (Phi) is 5.47. The van der Waals surface area contributed by atoms with Crippen molar-refractivity contribution in [3.8, 4) is 0 Å². The molecule has 0 aromatic heterocycles. The zero-order valence-electron chi connectivity index (χ0n) is 10.2. The van der Waals surface area contributed by atoms with Crippen LogP contribution in [0.5, 0.6) is 0 Å². The first-order valence-electron chi connectivity index (χ1n) is 6.09. The van der Waals surface area contributed by atoms with E-state index in [2.05, 4.69) is 13.8 Å². The van der Waals surface area contributed by atoms with Crippen molar-refractivity contribution in [3.05, 3.63) is 35.6 Å². The Morgan fingerprint density at radius 1 is 1.19 bits per heavy atom. The highest BCUT2D eigenvalue weighted by Gasteiger charge is 2.13. The third kappa shape index (κ3) is 3.93. The summed E-state index contributed by atoms with van der Waals surface area (Å²) in [5, 5.41) is 0. The number of benzene rings is 1. The van der Waals surface area contributed by atoms with Crippen molar-refractivity contribution in [2.75, 3.05) is 6.54 Å². The molecule has 1 aromatic rings. The van der Waals surface area contributed by atoms with E-state index in [0.717, 1.165) is 18.4 Å². The van der Waals surface area contributed by atoms with Crippen molar-refractivity contribution in [1.82, 2.24) is 0 Å². The maximum Gasteiger partial charge on any atom is 0.126 e. The smallest absolute Gasteiger partial charge is 0.126 e. The maximum atomic E-state index is 13.6. The number of hydrogen-bond acceptors (Lipinski definition) is 1. The second kappa shape index (κ2) is 6.64. The van der Waals surface area contributed by atoms with Crippen LogP contribution in [0.4, 0.5) is 4.39 Å². The molecule has 0 aliphatic rings. The fourth-order valence-corrected chi connectivity index (χ4v) is 1.98. The lowest BCUT2D eigenvalue weighted by Gasteiger charge is -2.16. The van der Waals surface area contributed by atoms with Crippen molar-refractivity contribution in [1.29, 1.82) is 0 Å². The predicted octanol–water partition coefficient (Wildman–Crippen LogP) is 3.69. The minimum Gasteiger partial charge on any atom is -0.330 e. The average Bonchev–Trinajstić information content (AvgIpc) is 2.25. The third-order valence-corrected chi connectivity index (χ3v) is 2.96. The molecule has 2 N–H and O–H groups in total. The molecule has 0 aliphatic carbocycles. The van der Waals surface area contributed by atoms with E-state index >= 15 is 0 Å². The fraction of sp³-hybridized carbons (Fsp3) is 0.571. The van der Waals surface area contributed by atoms with Gasteiger partial charge in [-0.2, -0.15) is 0 Å². The molecule has 0 heterocycles. The first-order chi connectivity index (χ1) is 7.65. The van der Waals surface area contributed by atoms with Crippen molar-refractivity contribution in [3.63, 3.8) is 0 Å². The van der Waals surface area contributed by atoms with Crippen molar-refractivity contribution in [2.45, 2.75) is 39.0 Å². The highest BCUT2D eigenvalue weighted by atomic mass is 19.1. The van der Waals surface area contributed by atoms with Crippen LogP contribution in [0, 0.1) is 11.7 Å². The van der Waals surface area contributed by atoms with Gasteiger partial charge < -0.3 is 5.73 Å². The number of hydrogen-bond donors (Lipinski definition) is 1. The number of halogens is 1. The molecule has 0 radical (unpaired) electrons. The van der Waals surface area contributed by atoms with Crippen LogP contribution in [-0.4, -0.2) is 6.54 Å².